The quantitative estimate of drug-likeness (QED) is 0.518. The minimum atomic E-state index is -0.621. The molecule has 0 radical (unpaired) electrons. The Bertz CT molecular complexity index is 1050. The van der Waals surface area contributed by atoms with Crippen LogP contribution in [0.1, 0.15) is 28.9 Å². The highest BCUT2D eigenvalue weighted by Gasteiger charge is 2.20. The summed E-state index contributed by atoms with van der Waals surface area (Å²) in [4.78, 5) is 22.7. The summed E-state index contributed by atoms with van der Waals surface area (Å²) in [5.74, 6) is 0.954. The number of carbonyl (C=O) groups excluding carboxylic acids is 1. The molecule has 28 heavy (non-hydrogen) atoms. The van der Waals surface area contributed by atoms with E-state index in [4.69, 9.17) is 11.5 Å². The minimum Gasteiger partial charge on any atom is -0.391 e. The van der Waals surface area contributed by atoms with E-state index in [1.165, 1.54) is 10.7 Å². The lowest BCUT2D eigenvalue weighted by Crippen LogP contribution is -2.38. The van der Waals surface area contributed by atoms with E-state index < -0.39 is 5.91 Å². The number of primary amides is 1. The van der Waals surface area contributed by atoms with Gasteiger partial charge in [-0.3, -0.25) is 4.79 Å². The number of rotatable bonds is 4. The van der Waals surface area contributed by atoms with Gasteiger partial charge in [-0.15, -0.1) is 0 Å². The van der Waals surface area contributed by atoms with Crippen molar-refractivity contribution in [2.75, 3.05) is 29.0 Å². The fraction of sp³-hybridized carbons (Fsp3) is 0.333. The molecule has 1 fully saturated rings. The van der Waals surface area contributed by atoms with Gasteiger partial charge in [-0.2, -0.15) is 9.61 Å². The van der Waals surface area contributed by atoms with Crippen molar-refractivity contribution in [1.29, 1.82) is 0 Å². The lowest BCUT2D eigenvalue weighted by Gasteiger charge is -2.31. The molecule has 10 heteroatoms. The van der Waals surface area contributed by atoms with Crippen molar-refractivity contribution in [1.82, 2.24) is 19.6 Å². The number of aromatic nitrogens is 4. The van der Waals surface area contributed by atoms with Gasteiger partial charge < -0.3 is 26.8 Å². The summed E-state index contributed by atoms with van der Waals surface area (Å²) in [6, 6.07) is 5.42. The molecule has 0 aromatic carbocycles. The number of nitrogens with one attached hydrogen (secondary N) is 1. The van der Waals surface area contributed by atoms with Gasteiger partial charge in [-0.1, -0.05) is 0 Å². The number of piperidine rings is 1. The number of hydrogen-bond acceptors (Lipinski definition) is 8. The number of aliphatic hydroxyl groups excluding tert-OH is 1. The van der Waals surface area contributed by atoms with E-state index in [0.717, 1.165) is 36.6 Å². The van der Waals surface area contributed by atoms with E-state index in [0.29, 0.717) is 23.8 Å². The van der Waals surface area contributed by atoms with Crippen LogP contribution in [-0.2, 0) is 0 Å². The number of aryl methyl sites for hydroxylation is 1. The van der Waals surface area contributed by atoms with Crippen LogP contribution in [-0.4, -0.2) is 49.8 Å². The highest BCUT2D eigenvalue weighted by Crippen LogP contribution is 2.25. The second-order valence-electron chi connectivity index (χ2n) is 6.95. The predicted octanol–water partition coefficient (Wildman–Crippen LogP) is 0.819. The fourth-order valence-electron chi connectivity index (χ4n) is 3.42. The number of anilines is 4. The monoisotopic (exact) mass is 382 g/mol. The van der Waals surface area contributed by atoms with Gasteiger partial charge in [0.15, 0.2) is 5.65 Å². The third kappa shape index (κ3) is 3.41. The standard InChI is InChI=1S/C18H22N8O2/c1-10-5-11(6-16(22-10)25-4-2-3-12(27)9-25)23-15-7-14(19)26-18(24-15)13(8-21-26)17(20)28/h5-8,12,27H,2-4,9,19H2,1H3,(H2,20,28)(H,22,23,24)/t12-/m1/s1. The Hall–Kier alpha value is -3.40. The van der Waals surface area contributed by atoms with Crippen LogP contribution in [0.15, 0.2) is 24.4 Å². The Balaban J connectivity index is 1.67. The molecule has 0 aliphatic carbocycles. The maximum atomic E-state index is 11.6. The highest BCUT2D eigenvalue weighted by atomic mass is 16.3. The van der Waals surface area contributed by atoms with Crippen molar-refractivity contribution >= 4 is 34.7 Å². The molecule has 1 aliphatic rings. The molecule has 0 saturated carbocycles. The number of fused-ring (bicyclic) bond motifs is 1. The lowest BCUT2D eigenvalue weighted by atomic mass is 10.1. The normalized spacial score (nSPS) is 17.1. The molecule has 4 heterocycles. The average Bonchev–Trinajstić information content (AvgIpc) is 3.06. The van der Waals surface area contributed by atoms with E-state index in [2.05, 4.69) is 25.3 Å². The molecule has 3 aromatic heterocycles. The summed E-state index contributed by atoms with van der Waals surface area (Å²) in [7, 11) is 0. The average molecular weight is 382 g/mol. The van der Waals surface area contributed by atoms with Gasteiger partial charge >= 0.3 is 0 Å². The first-order valence-corrected chi connectivity index (χ1v) is 9.03. The van der Waals surface area contributed by atoms with E-state index in [-0.39, 0.29) is 11.7 Å². The first-order valence-electron chi connectivity index (χ1n) is 9.03. The van der Waals surface area contributed by atoms with Gasteiger partial charge in [0.1, 0.15) is 23.0 Å². The van der Waals surface area contributed by atoms with E-state index in [1.54, 1.807) is 6.07 Å². The number of hydrogen-bond donors (Lipinski definition) is 4. The first-order chi connectivity index (χ1) is 13.4. The van der Waals surface area contributed by atoms with Crippen molar-refractivity contribution in [3.05, 3.63) is 35.7 Å². The number of β-amino-alcohol motifs (C(OH)–C–C–N with tert-alkyl or cyclic N) is 1. The second kappa shape index (κ2) is 6.97. The van der Waals surface area contributed by atoms with Crippen LogP contribution >= 0.6 is 0 Å². The molecule has 1 amide bonds. The molecular formula is C18H22N8O2. The molecule has 3 aromatic rings. The Kier molecular flexibility index (Phi) is 4.47. The van der Waals surface area contributed by atoms with Gasteiger partial charge in [0, 0.05) is 36.6 Å². The van der Waals surface area contributed by atoms with E-state index in [1.807, 2.05) is 19.1 Å². The Morgan fingerprint density at radius 2 is 2.14 bits per heavy atom. The van der Waals surface area contributed by atoms with Crippen molar-refractivity contribution in [2.45, 2.75) is 25.9 Å². The predicted molar refractivity (Wildman–Crippen MR) is 106 cm³/mol. The maximum Gasteiger partial charge on any atom is 0.254 e. The minimum absolute atomic E-state index is 0.198. The van der Waals surface area contributed by atoms with Gasteiger partial charge in [0.05, 0.1) is 12.3 Å². The van der Waals surface area contributed by atoms with Gasteiger partial charge in [0.25, 0.3) is 5.91 Å². The molecule has 4 rings (SSSR count). The van der Waals surface area contributed by atoms with Crippen LogP contribution in [0.25, 0.3) is 5.65 Å². The molecule has 6 N–H and O–H groups in total. The van der Waals surface area contributed by atoms with Crippen molar-refractivity contribution in [3.8, 4) is 0 Å². The smallest absolute Gasteiger partial charge is 0.254 e. The second-order valence-corrected chi connectivity index (χ2v) is 6.95. The summed E-state index contributed by atoms with van der Waals surface area (Å²) < 4.78 is 1.36. The molecule has 10 nitrogen and oxygen atoms in total. The topological polar surface area (TPSA) is 148 Å². The fourth-order valence-corrected chi connectivity index (χ4v) is 3.42. The van der Waals surface area contributed by atoms with Crippen molar-refractivity contribution in [2.24, 2.45) is 5.73 Å². The summed E-state index contributed by atoms with van der Waals surface area (Å²) in [6.07, 6.45) is 2.74. The Labute approximate surface area is 161 Å². The largest absolute Gasteiger partial charge is 0.391 e. The maximum absolute atomic E-state index is 11.6. The molecule has 0 spiro atoms. The molecular weight excluding hydrogens is 360 g/mol. The highest BCUT2D eigenvalue weighted by molar-refractivity contribution is 5.98. The van der Waals surface area contributed by atoms with Gasteiger partial charge in [-0.25, -0.2) is 9.97 Å². The van der Waals surface area contributed by atoms with Crippen LogP contribution in [0, 0.1) is 6.92 Å². The molecule has 1 saturated heterocycles. The Morgan fingerprint density at radius 1 is 1.32 bits per heavy atom. The Morgan fingerprint density at radius 3 is 2.89 bits per heavy atom. The number of pyridine rings is 1. The van der Waals surface area contributed by atoms with Crippen molar-refractivity contribution < 1.29 is 9.90 Å². The number of nitrogens with two attached hydrogens (primary N) is 2. The summed E-state index contributed by atoms with van der Waals surface area (Å²) in [6.45, 7) is 3.31. The van der Waals surface area contributed by atoms with Crippen LogP contribution < -0.4 is 21.7 Å². The zero-order chi connectivity index (χ0) is 19.8. The van der Waals surface area contributed by atoms with Crippen LogP contribution in [0.5, 0.6) is 0 Å². The summed E-state index contributed by atoms with van der Waals surface area (Å²) in [5, 5.41) is 17.2. The molecule has 0 unspecified atom stereocenters. The third-order valence-corrected chi connectivity index (χ3v) is 4.70. The number of nitrogen functional groups attached to an aromatic ring is 1. The summed E-state index contributed by atoms with van der Waals surface area (Å²) >= 11 is 0. The molecule has 1 aliphatic heterocycles. The van der Waals surface area contributed by atoms with E-state index >= 15 is 0 Å². The van der Waals surface area contributed by atoms with E-state index in [9.17, 15) is 9.90 Å². The van der Waals surface area contributed by atoms with Gasteiger partial charge in [-0.05, 0) is 25.8 Å². The van der Waals surface area contributed by atoms with Gasteiger partial charge in [0.2, 0.25) is 0 Å². The zero-order valence-corrected chi connectivity index (χ0v) is 15.5. The molecule has 0 bridgehead atoms. The summed E-state index contributed by atoms with van der Waals surface area (Å²) in [5.41, 5.74) is 13.5. The SMILES string of the molecule is Cc1cc(Nc2cc(N)n3ncc(C(N)=O)c3n2)cc(N2CCC[C@@H](O)C2)n1. The first kappa shape index (κ1) is 18.0. The van der Waals surface area contributed by atoms with Crippen LogP contribution in [0.3, 0.4) is 0 Å². The third-order valence-electron chi connectivity index (χ3n) is 4.70. The lowest BCUT2D eigenvalue weighted by molar-refractivity contribution is 0.100. The number of aliphatic hydroxyl groups is 1. The number of amides is 1. The zero-order valence-electron chi connectivity index (χ0n) is 15.5. The van der Waals surface area contributed by atoms with Crippen LogP contribution in [0.2, 0.25) is 0 Å². The van der Waals surface area contributed by atoms with Crippen LogP contribution in [0.4, 0.5) is 23.1 Å². The molecule has 146 valence electrons. The molecule has 1 atom stereocenters. The number of carbonyl (C=O) groups is 1. The number of nitrogens with zero attached hydrogens (tertiary/aromatic N) is 5. The van der Waals surface area contributed by atoms with Crippen molar-refractivity contribution in [3.63, 3.8) is 0 Å².